The van der Waals surface area contributed by atoms with Crippen LogP contribution in [0.3, 0.4) is 0 Å². The molecule has 80 valence electrons. The van der Waals surface area contributed by atoms with Gasteiger partial charge in [-0.3, -0.25) is 0 Å². The van der Waals surface area contributed by atoms with Gasteiger partial charge in [-0.15, -0.1) is 0 Å². The van der Waals surface area contributed by atoms with E-state index in [1.807, 2.05) is 11.8 Å². The number of H-pyrrole nitrogens is 1. The molecule has 0 aliphatic rings. The van der Waals surface area contributed by atoms with Gasteiger partial charge in [0.1, 0.15) is 0 Å². The molecule has 0 bridgehead atoms. The molecule has 3 N–H and O–H groups in total. The van der Waals surface area contributed by atoms with Crippen LogP contribution in [0.25, 0.3) is 0 Å². The number of hydrogen-bond donors (Lipinski definition) is 2. The molecule has 1 aromatic rings. The van der Waals surface area contributed by atoms with Crippen LogP contribution >= 0.6 is 23.5 Å². The lowest BCUT2D eigenvalue weighted by Crippen LogP contribution is -2.01. The molecule has 1 rings (SSSR count). The first-order valence-electron chi connectivity index (χ1n) is 4.74. The zero-order valence-corrected chi connectivity index (χ0v) is 10.3. The Bertz CT molecular complexity index is 273. The second-order valence-electron chi connectivity index (χ2n) is 2.89. The maximum absolute atomic E-state index is 5.43. The summed E-state index contributed by atoms with van der Waals surface area (Å²) in [6, 6.07) is 0. The number of rotatable bonds is 6. The Morgan fingerprint density at radius 3 is 2.93 bits per heavy atom. The highest BCUT2D eigenvalue weighted by molar-refractivity contribution is 7.99. The minimum absolute atomic E-state index is 0.741. The molecule has 14 heavy (non-hydrogen) atoms. The van der Waals surface area contributed by atoms with Crippen molar-refractivity contribution in [1.29, 1.82) is 0 Å². The summed E-state index contributed by atoms with van der Waals surface area (Å²) in [5.74, 6) is 3.02. The van der Waals surface area contributed by atoms with E-state index in [2.05, 4.69) is 23.8 Å². The van der Waals surface area contributed by atoms with Crippen LogP contribution in [-0.4, -0.2) is 28.0 Å². The van der Waals surface area contributed by atoms with Gasteiger partial charge in [0.2, 0.25) is 0 Å². The molecular weight excluding hydrogens is 214 g/mol. The molecule has 0 aliphatic carbocycles. The third-order valence-corrected chi connectivity index (χ3v) is 3.50. The molecule has 0 aliphatic heterocycles. The van der Waals surface area contributed by atoms with Gasteiger partial charge >= 0.3 is 0 Å². The Morgan fingerprint density at radius 2 is 2.29 bits per heavy atom. The number of nitrogens with two attached hydrogens (primary N) is 1. The van der Waals surface area contributed by atoms with Crippen LogP contribution < -0.4 is 5.73 Å². The van der Waals surface area contributed by atoms with Crippen molar-refractivity contribution in [3.63, 3.8) is 0 Å². The summed E-state index contributed by atoms with van der Waals surface area (Å²) in [5, 5.41) is 1.04. The van der Waals surface area contributed by atoms with Gasteiger partial charge in [0, 0.05) is 23.7 Å². The van der Waals surface area contributed by atoms with Crippen LogP contribution in [0.4, 0.5) is 0 Å². The second kappa shape index (κ2) is 6.37. The van der Waals surface area contributed by atoms with E-state index in [4.69, 9.17) is 5.73 Å². The van der Waals surface area contributed by atoms with Crippen molar-refractivity contribution in [2.24, 2.45) is 5.73 Å². The zero-order valence-electron chi connectivity index (χ0n) is 8.67. The Kier molecular flexibility index (Phi) is 5.44. The summed E-state index contributed by atoms with van der Waals surface area (Å²) < 4.78 is 0. The smallest absolute Gasteiger partial charge is 0.165 e. The van der Waals surface area contributed by atoms with E-state index in [0.29, 0.717) is 0 Å². The number of aromatic amines is 1. The topological polar surface area (TPSA) is 54.7 Å². The summed E-state index contributed by atoms with van der Waals surface area (Å²) >= 11 is 3.58. The number of nitrogens with one attached hydrogen (secondary N) is 1. The van der Waals surface area contributed by atoms with E-state index in [1.165, 1.54) is 11.4 Å². The monoisotopic (exact) mass is 231 g/mol. The van der Waals surface area contributed by atoms with Crippen LogP contribution in [0, 0.1) is 6.92 Å². The highest BCUT2D eigenvalue weighted by Gasteiger charge is 2.05. The van der Waals surface area contributed by atoms with Crippen LogP contribution in [-0.2, 0) is 5.75 Å². The van der Waals surface area contributed by atoms with E-state index >= 15 is 0 Å². The predicted octanol–water partition coefficient (Wildman–Crippen LogP) is 2.02. The van der Waals surface area contributed by atoms with Gasteiger partial charge in [-0.05, 0) is 12.7 Å². The first-order chi connectivity index (χ1) is 6.77. The fraction of sp³-hybridized carbons (Fsp3) is 0.667. The van der Waals surface area contributed by atoms with Crippen LogP contribution in [0.1, 0.15) is 18.3 Å². The average molecular weight is 231 g/mol. The van der Waals surface area contributed by atoms with Crippen molar-refractivity contribution >= 4 is 23.5 Å². The molecule has 0 fully saturated rings. The van der Waals surface area contributed by atoms with Gasteiger partial charge in [0.15, 0.2) is 5.16 Å². The maximum atomic E-state index is 5.43. The lowest BCUT2D eigenvalue weighted by Gasteiger charge is -1.96. The second-order valence-corrected chi connectivity index (χ2v) is 5.25. The van der Waals surface area contributed by atoms with E-state index in [-0.39, 0.29) is 0 Å². The maximum Gasteiger partial charge on any atom is 0.165 e. The molecule has 0 aromatic carbocycles. The molecule has 5 heteroatoms. The minimum Gasteiger partial charge on any atom is -0.337 e. The third-order valence-electron chi connectivity index (χ3n) is 1.75. The molecule has 3 nitrogen and oxygen atoms in total. The van der Waals surface area contributed by atoms with Crippen LogP contribution in [0.15, 0.2) is 5.16 Å². The fourth-order valence-electron chi connectivity index (χ4n) is 1.06. The lowest BCUT2D eigenvalue weighted by molar-refractivity contribution is 1.03. The van der Waals surface area contributed by atoms with Crippen molar-refractivity contribution < 1.29 is 0 Å². The van der Waals surface area contributed by atoms with Crippen molar-refractivity contribution in [2.75, 3.05) is 18.1 Å². The highest BCUT2D eigenvalue weighted by atomic mass is 32.2. The molecular formula is C9H17N3S2. The highest BCUT2D eigenvalue weighted by Crippen LogP contribution is 2.19. The summed E-state index contributed by atoms with van der Waals surface area (Å²) in [4.78, 5) is 7.80. The third kappa shape index (κ3) is 3.55. The average Bonchev–Trinajstić information content (AvgIpc) is 2.48. The molecule has 0 atom stereocenters. The number of nitrogens with zero attached hydrogens (tertiary/aromatic N) is 1. The largest absolute Gasteiger partial charge is 0.337 e. The molecule has 0 amide bonds. The standard InChI is InChI=1S/C9H17N3S2/c1-3-14-9-11-7(2)8(12-9)6-13-5-4-10/h3-6,10H2,1-2H3,(H,11,12). The van der Waals surface area contributed by atoms with Crippen molar-refractivity contribution in [3.05, 3.63) is 11.4 Å². The van der Waals surface area contributed by atoms with Gasteiger partial charge in [0.05, 0.1) is 5.69 Å². The number of aryl methyl sites for hydroxylation is 1. The first kappa shape index (κ1) is 11.9. The van der Waals surface area contributed by atoms with Crippen LogP contribution in [0.5, 0.6) is 0 Å². The van der Waals surface area contributed by atoms with E-state index in [1.54, 1.807) is 11.8 Å². The first-order valence-corrected chi connectivity index (χ1v) is 6.88. The molecule has 1 heterocycles. The lowest BCUT2D eigenvalue weighted by atomic mass is 10.4. The quantitative estimate of drug-likeness (QED) is 0.581. The fourth-order valence-corrected chi connectivity index (χ4v) is 2.52. The molecule has 0 saturated heterocycles. The van der Waals surface area contributed by atoms with Crippen molar-refractivity contribution in [2.45, 2.75) is 24.8 Å². The summed E-state index contributed by atoms with van der Waals surface area (Å²) in [6.07, 6.45) is 0. The molecule has 1 aromatic heterocycles. The normalized spacial score (nSPS) is 10.8. The zero-order chi connectivity index (χ0) is 10.4. The van der Waals surface area contributed by atoms with Crippen molar-refractivity contribution in [1.82, 2.24) is 9.97 Å². The molecule has 0 unspecified atom stereocenters. The predicted molar refractivity (Wildman–Crippen MR) is 64.9 cm³/mol. The molecule has 0 radical (unpaired) electrons. The Morgan fingerprint density at radius 1 is 1.50 bits per heavy atom. The summed E-state index contributed by atoms with van der Waals surface area (Å²) in [7, 11) is 0. The number of imidazole rings is 1. The minimum atomic E-state index is 0.741. The van der Waals surface area contributed by atoms with Gasteiger partial charge in [0.25, 0.3) is 0 Å². The van der Waals surface area contributed by atoms with Crippen molar-refractivity contribution in [3.8, 4) is 0 Å². The summed E-state index contributed by atoms with van der Waals surface area (Å²) in [5.41, 5.74) is 7.78. The SMILES string of the molecule is CCSc1nc(CSCCN)c(C)[nH]1. The molecule has 0 saturated carbocycles. The number of aromatic nitrogens is 2. The summed E-state index contributed by atoms with van der Waals surface area (Å²) in [6.45, 7) is 4.95. The molecule has 0 spiro atoms. The van der Waals surface area contributed by atoms with Gasteiger partial charge in [-0.1, -0.05) is 18.7 Å². The van der Waals surface area contributed by atoms with Crippen LogP contribution in [0.2, 0.25) is 0 Å². The number of hydrogen-bond acceptors (Lipinski definition) is 4. The van der Waals surface area contributed by atoms with E-state index in [0.717, 1.165) is 29.0 Å². The van der Waals surface area contributed by atoms with Gasteiger partial charge < -0.3 is 10.7 Å². The van der Waals surface area contributed by atoms with E-state index < -0.39 is 0 Å². The Hall–Kier alpha value is -0.130. The Balaban J connectivity index is 2.49. The Labute approximate surface area is 93.6 Å². The van der Waals surface area contributed by atoms with E-state index in [9.17, 15) is 0 Å². The van der Waals surface area contributed by atoms with Gasteiger partial charge in [-0.25, -0.2) is 4.98 Å². The van der Waals surface area contributed by atoms with Gasteiger partial charge in [-0.2, -0.15) is 11.8 Å². The number of thioether (sulfide) groups is 2.